The SMILES string of the molecule is CC(C)(C)C1CNc2cccc(N)c2O1. The van der Waals surface area contributed by atoms with Gasteiger partial charge in [0.15, 0.2) is 5.75 Å². The third-order valence-electron chi connectivity index (χ3n) is 2.75. The van der Waals surface area contributed by atoms with E-state index in [2.05, 4.69) is 26.1 Å². The normalized spacial score (nSPS) is 20.1. The van der Waals surface area contributed by atoms with Crippen molar-refractivity contribution in [3.8, 4) is 5.75 Å². The number of nitrogens with two attached hydrogens (primary N) is 1. The Morgan fingerprint density at radius 3 is 2.80 bits per heavy atom. The van der Waals surface area contributed by atoms with E-state index in [-0.39, 0.29) is 11.5 Å². The molecule has 0 radical (unpaired) electrons. The zero-order valence-electron chi connectivity index (χ0n) is 9.50. The number of para-hydroxylation sites is 1. The molecule has 0 aliphatic carbocycles. The predicted molar refractivity (Wildman–Crippen MR) is 63.2 cm³/mol. The Kier molecular flexibility index (Phi) is 2.25. The minimum atomic E-state index is 0.118. The lowest BCUT2D eigenvalue weighted by atomic mass is 9.88. The van der Waals surface area contributed by atoms with Crippen LogP contribution in [0.15, 0.2) is 18.2 Å². The van der Waals surface area contributed by atoms with Crippen LogP contribution in [0, 0.1) is 5.41 Å². The smallest absolute Gasteiger partial charge is 0.165 e. The summed E-state index contributed by atoms with van der Waals surface area (Å²) in [6.07, 6.45) is 0.162. The Morgan fingerprint density at radius 1 is 1.40 bits per heavy atom. The van der Waals surface area contributed by atoms with Crippen LogP contribution in [0.3, 0.4) is 0 Å². The minimum absolute atomic E-state index is 0.118. The molecule has 1 unspecified atom stereocenters. The molecule has 1 aromatic carbocycles. The third kappa shape index (κ3) is 1.87. The Balaban J connectivity index is 2.30. The van der Waals surface area contributed by atoms with E-state index in [0.29, 0.717) is 5.69 Å². The number of hydrogen-bond acceptors (Lipinski definition) is 3. The number of anilines is 2. The van der Waals surface area contributed by atoms with Crippen LogP contribution in [0.4, 0.5) is 11.4 Å². The van der Waals surface area contributed by atoms with Crippen LogP contribution < -0.4 is 15.8 Å². The van der Waals surface area contributed by atoms with Gasteiger partial charge < -0.3 is 15.8 Å². The van der Waals surface area contributed by atoms with E-state index in [4.69, 9.17) is 10.5 Å². The second kappa shape index (κ2) is 3.33. The van der Waals surface area contributed by atoms with E-state index in [1.165, 1.54) is 0 Å². The number of ether oxygens (including phenoxy) is 1. The molecule has 3 nitrogen and oxygen atoms in total. The van der Waals surface area contributed by atoms with Crippen molar-refractivity contribution >= 4 is 11.4 Å². The van der Waals surface area contributed by atoms with Crippen LogP contribution in [0.2, 0.25) is 0 Å². The molecule has 0 bridgehead atoms. The van der Waals surface area contributed by atoms with Crippen LogP contribution in [0.25, 0.3) is 0 Å². The highest BCUT2D eigenvalue weighted by Gasteiger charge is 2.30. The third-order valence-corrected chi connectivity index (χ3v) is 2.75. The van der Waals surface area contributed by atoms with Crippen LogP contribution in [-0.4, -0.2) is 12.6 Å². The van der Waals surface area contributed by atoms with Gasteiger partial charge in [-0.3, -0.25) is 0 Å². The standard InChI is InChI=1S/C12H18N2O/c1-12(2,3)10-7-14-9-6-4-5-8(13)11(9)15-10/h4-6,10,14H,7,13H2,1-3H3. The van der Waals surface area contributed by atoms with Crippen LogP contribution in [0.1, 0.15) is 20.8 Å². The molecule has 0 aromatic heterocycles. The first-order valence-electron chi connectivity index (χ1n) is 5.27. The van der Waals surface area contributed by atoms with E-state index in [9.17, 15) is 0 Å². The first kappa shape index (κ1) is 10.1. The molecule has 1 aromatic rings. The van der Waals surface area contributed by atoms with Crippen molar-refractivity contribution in [1.29, 1.82) is 0 Å². The van der Waals surface area contributed by atoms with E-state index in [1.807, 2.05) is 18.2 Å². The zero-order chi connectivity index (χ0) is 11.1. The molecule has 3 heteroatoms. The van der Waals surface area contributed by atoms with Crippen molar-refractivity contribution in [2.24, 2.45) is 5.41 Å². The highest BCUT2D eigenvalue weighted by atomic mass is 16.5. The summed E-state index contributed by atoms with van der Waals surface area (Å²) in [6, 6.07) is 5.79. The fourth-order valence-electron chi connectivity index (χ4n) is 1.70. The Hall–Kier alpha value is -1.38. The van der Waals surface area contributed by atoms with Gasteiger partial charge in [0.2, 0.25) is 0 Å². The fraction of sp³-hybridized carbons (Fsp3) is 0.500. The molecule has 0 saturated heterocycles. The summed E-state index contributed by atoms with van der Waals surface area (Å²) in [6.45, 7) is 7.34. The maximum Gasteiger partial charge on any atom is 0.165 e. The second-order valence-corrected chi connectivity index (χ2v) is 5.08. The van der Waals surface area contributed by atoms with Gasteiger partial charge in [-0.1, -0.05) is 26.8 Å². The largest absolute Gasteiger partial charge is 0.484 e. The van der Waals surface area contributed by atoms with Gasteiger partial charge in [-0.2, -0.15) is 0 Å². The van der Waals surface area contributed by atoms with Gasteiger partial charge in [0.25, 0.3) is 0 Å². The topological polar surface area (TPSA) is 47.3 Å². The molecular formula is C12H18N2O. The van der Waals surface area contributed by atoms with Gasteiger partial charge in [-0.05, 0) is 12.1 Å². The van der Waals surface area contributed by atoms with Gasteiger partial charge in [-0.25, -0.2) is 0 Å². The maximum absolute atomic E-state index is 5.94. The van der Waals surface area contributed by atoms with Crippen molar-refractivity contribution < 1.29 is 4.74 Å². The molecule has 0 spiro atoms. The second-order valence-electron chi connectivity index (χ2n) is 5.08. The number of nitrogens with one attached hydrogen (secondary N) is 1. The number of nitrogen functional groups attached to an aromatic ring is 1. The predicted octanol–water partition coefficient (Wildman–Crippen LogP) is 2.49. The number of benzene rings is 1. The van der Waals surface area contributed by atoms with E-state index < -0.39 is 0 Å². The summed E-state index contributed by atoms with van der Waals surface area (Å²) in [5.74, 6) is 0.795. The summed E-state index contributed by atoms with van der Waals surface area (Å²) in [4.78, 5) is 0. The molecular weight excluding hydrogens is 188 g/mol. The summed E-state index contributed by atoms with van der Waals surface area (Å²) in [5, 5.41) is 3.36. The van der Waals surface area contributed by atoms with Crippen molar-refractivity contribution in [1.82, 2.24) is 0 Å². The Morgan fingerprint density at radius 2 is 2.13 bits per heavy atom. The molecule has 1 atom stereocenters. The van der Waals surface area contributed by atoms with Gasteiger partial charge in [-0.15, -0.1) is 0 Å². The average Bonchev–Trinajstić information content (AvgIpc) is 2.16. The lowest BCUT2D eigenvalue weighted by Crippen LogP contribution is -2.41. The first-order valence-corrected chi connectivity index (χ1v) is 5.27. The quantitative estimate of drug-likeness (QED) is 0.641. The molecule has 1 aliphatic rings. The van der Waals surface area contributed by atoms with Gasteiger partial charge in [0.1, 0.15) is 6.10 Å². The number of hydrogen-bond donors (Lipinski definition) is 2. The van der Waals surface area contributed by atoms with E-state index in [1.54, 1.807) is 0 Å². The lowest BCUT2D eigenvalue weighted by molar-refractivity contribution is 0.0930. The molecule has 0 fully saturated rings. The highest BCUT2D eigenvalue weighted by molar-refractivity contribution is 5.70. The van der Waals surface area contributed by atoms with Crippen molar-refractivity contribution in [3.05, 3.63) is 18.2 Å². The maximum atomic E-state index is 5.94. The van der Waals surface area contributed by atoms with Crippen molar-refractivity contribution in [3.63, 3.8) is 0 Å². The van der Waals surface area contributed by atoms with Gasteiger partial charge in [0.05, 0.1) is 17.9 Å². The van der Waals surface area contributed by atoms with Gasteiger partial charge >= 0.3 is 0 Å². The Labute approximate surface area is 90.6 Å². The van der Waals surface area contributed by atoms with Crippen LogP contribution in [-0.2, 0) is 0 Å². The summed E-state index contributed by atoms with van der Waals surface area (Å²) >= 11 is 0. The molecule has 82 valence electrons. The minimum Gasteiger partial charge on any atom is -0.484 e. The summed E-state index contributed by atoms with van der Waals surface area (Å²) in [5.41, 5.74) is 7.70. The average molecular weight is 206 g/mol. The Bertz CT molecular complexity index is 368. The van der Waals surface area contributed by atoms with Crippen LogP contribution >= 0.6 is 0 Å². The van der Waals surface area contributed by atoms with Crippen LogP contribution in [0.5, 0.6) is 5.75 Å². The van der Waals surface area contributed by atoms with Crippen molar-refractivity contribution in [2.75, 3.05) is 17.6 Å². The number of fused-ring (bicyclic) bond motifs is 1. The molecule has 1 aliphatic heterocycles. The molecule has 1 heterocycles. The lowest BCUT2D eigenvalue weighted by Gasteiger charge is -2.36. The monoisotopic (exact) mass is 206 g/mol. The van der Waals surface area contributed by atoms with Gasteiger partial charge in [0, 0.05) is 5.41 Å². The molecule has 0 amide bonds. The molecule has 3 N–H and O–H groups in total. The fourth-order valence-corrected chi connectivity index (χ4v) is 1.70. The highest BCUT2D eigenvalue weighted by Crippen LogP contribution is 2.38. The zero-order valence-corrected chi connectivity index (χ0v) is 9.50. The van der Waals surface area contributed by atoms with E-state index >= 15 is 0 Å². The molecule has 0 saturated carbocycles. The first-order chi connectivity index (χ1) is 6.98. The number of rotatable bonds is 0. The van der Waals surface area contributed by atoms with E-state index in [0.717, 1.165) is 18.0 Å². The summed E-state index contributed by atoms with van der Waals surface area (Å²) in [7, 11) is 0. The molecule has 2 rings (SSSR count). The summed E-state index contributed by atoms with van der Waals surface area (Å²) < 4.78 is 5.94. The van der Waals surface area contributed by atoms with Crippen molar-refractivity contribution in [2.45, 2.75) is 26.9 Å². The molecule has 15 heavy (non-hydrogen) atoms.